The van der Waals surface area contributed by atoms with Crippen LogP contribution in [0.3, 0.4) is 0 Å². The van der Waals surface area contributed by atoms with Gasteiger partial charge in [-0.25, -0.2) is 14.3 Å². The van der Waals surface area contributed by atoms with Gasteiger partial charge in [-0.3, -0.25) is 0 Å². The van der Waals surface area contributed by atoms with E-state index in [4.69, 9.17) is 9.47 Å². The van der Waals surface area contributed by atoms with Crippen LogP contribution in [-0.2, 0) is 25.5 Å². The second-order valence-electron chi connectivity index (χ2n) is 4.90. The molecule has 1 fully saturated rings. The minimum Gasteiger partial charge on any atom is -0.464 e. The molecule has 0 amide bonds. The molecular formula is C12H17N3O6. The fraction of sp³-hybridized carbons (Fsp3) is 0.667. The van der Waals surface area contributed by atoms with Crippen molar-refractivity contribution in [2.45, 2.75) is 32.3 Å². The van der Waals surface area contributed by atoms with Crippen LogP contribution in [0.1, 0.15) is 34.8 Å². The Hall–Kier alpha value is -2.00. The maximum atomic E-state index is 11.8. The molecule has 1 aliphatic rings. The smallest absolute Gasteiger partial charge is 0.361 e. The molecule has 21 heavy (non-hydrogen) atoms. The number of aromatic nitrogens is 3. The minimum atomic E-state index is -0.759. The summed E-state index contributed by atoms with van der Waals surface area (Å²) in [6, 6.07) is 0. The lowest BCUT2D eigenvalue weighted by Gasteiger charge is -2.17. The zero-order valence-electron chi connectivity index (χ0n) is 12.3. The first-order valence-corrected chi connectivity index (χ1v) is 6.30. The molecule has 116 valence electrons. The molecule has 0 saturated carbocycles. The van der Waals surface area contributed by atoms with Gasteiger partial charge in [0.05, 0.1) is 27.4 Å². The van der Waals surface area contributed by atoms with Crippen LogP contribution < -0.4 is 0 Å². The van der Waals surface area contributed by atoms with Crippen molar-refractivity contribution in [3.63, 3.8) is 0 Å². The largest absolute Gasteiger partial charge is 0.464 e. The van der Waals surface area contributed by atoms with Crippen LogP contribution in [-0.4, -0.2) is 59.7 Å². The third kappa shape index (κ3) is 3.19. The van der Waals surface area contributed by atoms with Gasteiger partial charge in [0.15, 0.2) is 11.5 Å². The summed E-state index contributed by atoms with van der Waals surface area (Å²) >= 11 is 0. The maximum absolute atomic E-state index is 11.8. The molecule has 0 radical (unpaired) electrons. The molecule has 2 heterocycles. The first-order valence-electron chi connectivity index (χ1n) is 6.30. The minimum absolute atomic E-state index is 0.0716. The van der Waals surface area contributed by atoms with E-state index >= 15 is 0 Å². The van der Waals surface area contributed by atoms with Crippen molar-refractivity contribution in [3.8, 4) is 0 Å². The number of ether oxygens (including phenoxy) is 4. The van der Waals surface area contributed by atoms with E-state index in [0.29, 0.717) is 6.61 Å². The zero-order valence-corrected chi connectivity index (χ0v) is 12.3. The molecule has 1 saturated heterocycles. The van der Waals surface area contributed by atoms with Crippen LogP contribution in [0.5, 0.6) is 0 Å². The van der Waals surface area contributed by atoms with Crippen molar-refractivity contribution in [2.24, 2.45) is 0 Å². The van der Waals surface area contributed by atoms with E-state index in [9.17, 15) is 9.59 Å². The molecule has 0 N–H and O–H groups in total. The summed E-state index contributed by atoms with van der Waals surface area (Å²) in [5, 5.41) is 7.47. The van der Waals surface area contributed by atoms with Crippen LogP contribution in [0.25, 0.3) is 0 Å². The van der Waals surface area contributed by atoms with Crippen LogP contribution in [0.2, 0.25) is 0 Å². The monoisotopic (exact) mass is 299 g/mol. The van der Waals surface area contributed by atoms with E-state index < -0.39 is 17.7 Å². The van der Waals surface area contributed by atoms with Crippen molar-refractivity contribution in [1.82, 2.24) is 15.0 Å². The van der Waals surface area contributed by atoms with Gasteiger partial charge in [0.2, 0.25) is 5.69 Å². The lowest BCUT2D eigenvalue weighted by Crippen LogP contribution is -2.26. The average molecular weight is 299 g/mol. The quantitative estimate of drug-likeness (QED) is 0.716. The Morgan fingerprint density at radius 3 is 2.52 bits per heavy atom. The lowest BCUT2D eigenvalue weighted by atomic mass is 10.3. The Kier molecular flexibility index (Phi) is 4.24. The van der Waals surface area contributed by atoms with E-state index in [1.54, 1.807) is 13.8 Å². The van der Waals surface area contributed by atoms with Gasteiger partial charge in [0.25, 0.3) is 0 Å². The van der Waals surface area contributed by atoms with Gasteiger partial charge in [-0.15, -0.1) is 5.10 Å². The van der Waals surface area contributed by atoms with Gasteiger partial charge in [0, 0.05) is 0 Å². The standard InChI is InChI=1S/C12H17N3O6/c1-12(2)20-6-7(21-12)5-15-9(11(17)19-4)8(13-14-15)10(16)18-3/h7H,5-6H2,1-4H3/t7-/m0/s1. The second-order valence-corrected chi connectivity index (χ2v) is 4.90. The molecule has 9 nitrogen and oxygen atoms in total. The molecule has 0 unspecified atom stereocenters. The number of hydrogen-bond donors (Lipinski definition) is 0. The van der Waals surface area contributed by atoms with Crippen molar-refractivity contribution < 1.29 is 28.5 Å². The summed E-state index contributed by atoms with van der Waals surface area (Å²) in [7, 11) is 2.40. The van der Waals surface area contributed by atoms with Crippen molar-refractivity contribution in [2.75, 3.05) is 20.8 Å². The van der Waals surface area contributed by atoms with Gasteiger partial charge in [-0.1, -0.05) is 5.21 Å². The third-order valence-electron chi connectivity index (χ3n) is 2.94. The molecule has 0 bridgehead atoms. The summed E-state index contributed by atoms with van der Waals surface area (Å²) in [4.78, 5) is 23.4. The fourth-order valence-corrected chi connectivity index (χ4v) is 2.02. The Labute approximate surface area is 121 Å². The van der Waals surface area contributed by atoms with E-state index in [0.717, 1.165) is 0 Å². The summed E-state index contributed by atoms with van der Waals surface area (Å²) in [5.41, 5.74) is -0.264. The van der Waals surface area contributed by atoms with Gasteiger partial charge < -0.3 is 18.9 Å². The summed E-state index contributed by atoms with van der Waals surface area (Å²) in [6.07, 6.45) is -0.310. The van der Waals surface area contributed by atoms with Gasteiger partial charge in [-0.05, 0) is 13.8 Å². The molecule has 1 atom stereocenters. The molecule has 1 aromatic rings. The number of hydrogen-bond acceptors (Lipinski definition) is 8. The lowest BCUT2D eigenvalue weighted by molar-refractivity contribution is -0.139. The normalized spacial score (nSPS) is 20.3. The van der Waals surface area contributed by atoms with Crippen LogP contribution in [0.15, 0.2) is 0 Å². The van der Waals surface area contributed by atoms with E-state index in [1.165, 1.54) is 18.9 Å². The highest BCUT2D eigenvalue weighted by atomic mass is 16.7. The van der Waals surface area contributed by atoms with Crippen LogP contribution in [0, 0.1) is 0 Å². The van der Waals surface area contributed by atoms with E-state index in [-0.39, 0.29) is 24.0 Å². The highest BCUT2D eigenvalue weighted by Gasteiger charge is 2.35. The Morgan fingerprint density at radius 2 is 2.00 bits per heavy atom. The summed E-state index contributed by atoms with van der Waals surface area (Å²) in [5.74, 6) is -2.17. The molecule has 0 aliphatic carbocycles. The Balaban J connectivity index is 2.25. The van der Waals surface area contributed by atoms with Gasteiger partial charge in [0.1, 0.15) is 6.10 Å². The predicted molar refractivity (Wildman–Crippen MR) is 67.6 cm³/mol. The van der Waals surface area contributed by atoms with E-state index in [1.807, 2.05) is 0 Å². The highest BCUT2D eigenvalue weighted by molar-refractivity contribution is 6.00. The van der Waals surface area contributed by atoms with Crippen molar-refractivity contribution >= 4 is 11.9 Å². The predicted octanol–water partition coefficient (Wildman–Crippen LogP) is 0.00280. The van der Waals surface area contributed by atoms with Crippen LogP contribution >= 0.6 is 0 Å². The number of rotatable bonds is 4. The molecule has 2 rings (SSSR count). The number of carbonyl (C=O) groups is 2. The average Bonchev–Trinajstić information content (AvgIpc) is 3.01. The number of carbonyl (C=O) groups excluding carboxylic acids is 2. The zero-order chi connectivity index (χ0) is 15.6. The fourth-order valence-electron chi connectivity index (χ4n) is 2.02. The van der Waals surface area contributed by atoms with Crippen molar-refractivity contribution in [1.29, 1.82) is 0 Å². The summed E-state index contributed by atoms with van der Waals surface area (Å²) in [6.45, 7) is 4.13. The Morgan fingerprint density at radius 1 is 1.33 bits per heavy atom. The Bertz CT molecular complexity index is 553. The molecule has 9 heteroatoms. The molecule has 1 aromatic heterocycles. The number of methoxy groups -OCH3 is 2. The summed E-state index contributed by atoms with van der Waals surface area (Å²) < 4.78 is 21.6. The van der Waals surface area contributed by atoms with Crippen LogP contribution in [0.4, 0.5) is 0 Å². The topological polar surface area (TPSA) is 102 Å². The molecular weight excluding hydrogens is 282 g/mol. The van der Waals surface area contributed by atoms with E-state index in [2.05, 4.69) is 19.8 Å². The van der Waals surface area contributed by atoms with Crippen molar-refractivity contribution in [3.05, 3.63) is 11.4 Å². The highest BCUT2D eigenvalue weighted by Crippen LogP contribution is 2.23. The molecule has 0 aromatic carbocycles. The van der Waals surface area contributed by atoms with Gasteiger partial charge >= 0.3 is 11.9 Å². The SMILES string of the molecule is COC(=O)c1nnn(C[C@H]2COC(C)(C)O2)c1C(=O)OC. The molecule has 0 spiro atoms. The first kappa shape index (κ1) is 15.4. The third-order valence-corrected chi connectivity index (χ3v) is 2.94. The molecule has 1 aliphatic heterocycles. The number of esters is 2. The maximum Gasteiger partial charge on any atom is 0.361 e. The first-order chi connectivity index (χ1) is 9.88. The number of nitrogens with zero attached hydrogens (tertiary/aromatic N) is 3. The second kappa shape index (κ2) is 5.78. The van der Waals surface area contributed by atoms with Gasteiger partial charge in [-0.2, -0.15) is 0 Å².